The smallest absolute Gasteiger partial charge is 0.410 e. The molecular weight excluding hydrogens is 308 g/mol. The molecule has 24 heavy (non-hydrogen) atoms. The van der Waals surface area contributed by atoms with E-state index < -0.39 is 23.7 Å². The van der Waals surface area contributed by atoms with Crippen molar-refractivity contribution in [2.45, 2.75) is 57.5 Å². The lowest BCUT2D eigenvalue weighted by molar-refractivity contribution is -0.146. The summed E-state index contributed by atoms with van der Waals surface area (Å²) in [5, 5.41) is 9.70. The fourth-order valence-corrected chi connectivity index (χ4v) is 3.69. The molecule has 1 amide bonds. The van der Waals surface area contributed by atoms with Crippen molar-refractivity contribution in [3.05, 3.63) is 35.9 Å². The van der Waals surface area contributed by atoms with Crippen LogP contribution in [-0.2, 0) is 16.1 Å². The molecule has 2 aliphatic rings. The summed E-state index contributed by atoms with van der Waals surface area (Å²) in [4.78, 5) is 27.8. The largest absolute Gasteiger partial charge is 0.480 e. The number of carbonyl (C=O) groups is 2. The number of hydrogen-bond acceptors (Lipinski definition) is 4. The third-order valence-electron chi connectivity index (χ3n) is 4.60. The molecule has 1 unspecified atom stereocenters. The Kier molecular flexibility index (Phi) is 4.25. The van der Waals surface area contributed by atoms with Crippen LogP contribution in [0.3, 0.4) is 0 Å². The molecule has 1 aromatic carbocycles. The summed E-state index contributed by atoms with van der Waals surface area (Å²) in [6, 6.07) is 8.89. The first kappa shape index (κ1) is 16.8. The highest BCUT2D eigenvalue weighted by Crippen LogP contribution is 2.38. The quantitative estimate of drug-likeness (QED) is 0.920. The highest BCUT2D eigenvalue weighted by molar-refractivity contribution is 5.78. The zero-order valence-corrected chi connectivity index (χ0v) is 14.3. The van der Waals surface area contributed by atoms with E-state index in [2.05, 4.69) is 0 Å². The summed E-state index contributed by atoms with van der Waals surface area (Å²) < 4.78 is 5.43. The monoisotopic (exact) mass is 332 g/mol. The molecule has 0 spiro atoms. The van der Waals surface area contributed by atoms with Gasteiger partial charge < -0.3 is 14.7 Å². The summed E-state index contributed by atoms with van der Waals surface area (Å²) in [6.45, 7) is 6.55. The Labute approximate surface area is 142 Å². The van der Waals surface area contributed by atoms with E-state index in [4.69, 9.17) is 4.74 Å². The van der Waals surface area contributed by atoms with Crippen molar-refractivity contribution >= 4 is 12.1 Å². The third kappa shape index (κ3) is 3.24. The van der Waals surface area contributed by atoms with Gasteiger partial charge in [-0.1, -0.05) is 30.3 Å². The van der Waals surface area contributed by atoms with Gasteiger partial charge in [0.1, 0.15) is 11.6 Å². The van der Waals surface area contributed by atoms with E-state index in [0.717, 1.165) is 5.56 Å². The molecule has 0 aromatic heterocycles. The fraction of sp³-hybridized carbons (Fsp3) is 0.556. The van der Waals surface area contributed by atoms with Gasteiger partial charge in [0.15, 0.2) is 0 Å². The Morgan fingerprint density at radius 2 is 1.92 bits per heavy atom. The number of carbonyl (C=O) groups excluding carboxylic acids is 1. The SMILES string of the molecule is CC(C)(C)OC(=O)N1C[C@H]2C[C@@H]1C(C(=O)O)N2Cc1ccccc1. The lowest BCUT2D eigenvalue weighted by atomic mass is 10.1. The number of nitrogens with zero attached hydrogens (tertiary/aromatic N) is 2. The van der Waals surface area contributed by atoms with E-state index in [1.165, 1.54) is 0 Å². The molecule has 2 bridgehead atoms. The predicted molar refractivity (Wildman–Crippen MR) is 88.5 cm³/mol. The standard InChI is InChI=1S/C18H24N2O4/c1-18(2,3)24-17(23)20-11-13-9-14(20)15(16(21)22)19(13)10-12-7-5-4-6-8-12/h4-8,13-15H,9-11H2,1-3H3,(H,21,22)/t13-,14-,15?/m1/s1. The second-order valence-electron chi connectivity index (χ2n) is 7.53. The van der Waals surface area contributed by atoms with Crippen molar-refractivity contribution in [1.29, 1.82) is 0 Å². The predicted octanol–water partition coefficient (Wildman–Crippen LogP) is 2.33. The number of rotatable bonds is 3. The van der Waals surface area contributed by atoms with Crippen LogP contribution in [0.4, 0.5) is 4.79 Å². The van der Waals surface area contributed by atoms with Crippen molar-refractivity contribution in [2.24, 2.45) is 0 Å². The minimum Gasteiger partial charge on any atom is -0.480 e. The van der Waals surface area contributed by atoms with E-state index in [1.807, 2.05) is 56.0 Å². The van der Waals surface area contributed by atoms with E-state index in [9.17, 15) is 14.7 Å². The summed E-state index contributed by atoms with van der Waals surface area (Å²) in [6.07, 6.45) is 0.267. The summed E-state index contributed by atoms with van der Waals surface area (Å²) in [7, 11) is 0. The molecule has 0 radical (unpaired) electrons. The number of benzene rings is 1. The third-order valence-corrected chi connectivity index (χ3v) is 4.60. The molecule has 0 aliphatic carbocycles. The molecule has 3 rings (SSSR count). The van der Waals surface area contributed by atoms with E-state index in [0.29, 0.717) is 19.5 Å². The lowest BCUT2D eigenvalue weighted by Gasteiger charge is -2.39. The first-order valence-electron chi connectivity index (χ1n) is 8.28. The molecule has 0 saturated carbocycles. The summed E-state index contributed by atoms with van der Waals surface area (Å²) in [5.41, 5.74) is 0.501. The van der Waals surface area contributed by atoms with E-state index in [-0.39, 0.29) is 12.1 Å². The number of hydrogen-bond donors (Lipinski definition) is 1. The Bertz CT molecular complexity index is 626. The molecule has 2 saturated heterocycles. The Morgan fingerprint density at radius 1 is 1.25 bits per heavy atom. The second kappa shape index (κ2) is 6.09. The van der Waals surface area contributed by atoms with Gasteiger partial charge >= 0.3 is 12.1 Å². The first-order chi connectivity index (χ1) is 11.3. The van der Waals surface area contributed by atoms with Crippen LogP contribution in [0.5, 0.6) is 0 Å². The molecule has 1 aromatic rings. The van der Waals surface area contributed by atoms with Gasteiger partial charge in [-0.2, -0.15) is 0 Å². The molecule has 2 heterocycles. The maximum atomic E-state index is 12.4. The molecule has 6 heteroatoms. The van der Waals surface area contributed by atoms with Gasteiger partial charge in [0.25, 0.3) is 0 Å². The molecule has 6 nitrogen and oxygen atoms in total. The normalized spacial score (nSPS) is 26.6. The van der Waals surface area contributed by atoms with Crippen LogP contribution in [0.15, 0.2) is 30.3 Å². The average Bonchev–Trinajstić information content (AvgIpc) is 3.04. The van der Waals surface area contributed by atoms with E-state index in [1.54, 1.807) is 4.90 Å². The number of ether oxygens (including phenoxy) is 1. The second-order valence-corrected chi connectivity index (χ2v) is 7.53. The maximum absolute atomic E-state index is 12.4. The number of carboxylic acids is 1. The van der Waals surface area contributed by atoms with Gasteiger partial charge in [0.05, 0.1) is 6.04 Å². The van der Waals surface area contributed by atoms with Crippen LogP contribution in [0, 0.1) is 0 Å². The molecule has 3 atom stereocenters. The van der Waals surface area contributed by atoms with E-state index >= 15 is 0 Å². The Morgan fingerprint density at radius 3 is 2.50 bits per heavy atom. The highest BCUT2D eigenvalue weighted by Gasteiger charge is 2.55. The van der Waals surface area contributed by atoms with Gasteiger partial charge in [-0.05, 0) is 32.8 Å². The van der Waals surface area contributed by atoms with Crippen LogP contribution in [0.25, 0.3) is 0 Å². The number of carboxylic acid groups (broad SMARTS) is 1. The number of piperazine rings is 1. The Hall–Kier alpha value is -2.08. The van der Waals surface area contributed by atoms with Gasteiger partial charge in [-0.3, -0.25) is 9.69 Å². The fourth-order valence-electron chi connectivity index (χ4n) is 3.69. The molecule has 2 fully saturated rings. The van der Waals surface area contributed by atoms with Gasteiger partial charge in [-0.15, -0.1) is 0 Å². The van der Waals surface area contributed by atoms with Crippen molar-refractivity contribution in [3.8, 4) is 0 Å². The number of fused-ring (bicyclic) bond motifs is 2. The summed E-state index contributed by atoms with van der Waals surface area (Å²) in [5.74, 6) is -0.883. The first-order valence-corrected chi connectivity index (χ1v) is 8.28. The van der Waals surface area contributed by atoms with Crippen molar-refractivity contribution in [2.75, 3.05) is 6.54 Å². The molecule has 130 valence electrons. The average molecular weight is 332 g/mol. The zero-order valence-electron chi connectivity index (χ0n) is 14.3. The number of amides is 1. The lowest BCUT2D eigenvalue weighted by Crippen LogP contribution is -2.58. The highest BCUT2D eigenvalue weighted by atomic mass is 16.6. The summed E-state index contributed by atoms with van der Waals surface area (Å²) >= 11 is 0. The van der Waals surface area contributed by atoms with Crippen molar-refractivity contribution < 1.29 is 19.4 Å². The van der Waals surface area contributed by atoms with Crippen molar-refractivity contribution in [3.63, 3.8) is 0 Å². The van der Waals surface area contributed by atoms with Gasteiger partial charge in [-0.25, -0.2) is 4.79 Å². The number of aliphatic carboxylic acids is 1. The zero-order chi connectivity index (χ0) is 17.5. The van der Waals surface area contributed by atoms with Crippen LogP contribution in [-0.4, -0.2) is 57.2 Å². The van der Waals surface area contributed by atoms with Gasteiger partial charge in [0, 0.05) is 19.1 Å². The molecule has 2 aliphatic heterocycles. The van der Waals surface area contributed by atoms with Gasteiger partial charge in [0.2, 0.25) is 0 Å². The molecule has 1 N–H and O–H groups in total. The Balaban J connectivity index is 1.76. The van der Waals surface area contributed by atoms with Crippen LogP contribution in [0.2, 0.25) is 0 Å². The minimum atomic E-state index is -0.883. The maximum Gasteiger partial charge on any atom is 0.410 e. The van der Waals surface area contributed by atoms with Crippen LogP contribution >= 0.6 is 0 Å². The molecular formula is C18H24N2O4. The van der Waals surface area contributed by atoms with Crippen LogP contribution < -0.4 is 0 Å². The minimum absolute atomic E-state index is 0.0591. The van der Waals surface area contributed by atoms with Crippen LogP contribution in [0.1, 0.15) is 32.8 Å². The van der Waals surface area contributed by atoms with Crippen molar-refractivity contribution in [1.82, 2.24) is 9.80 Å². The topological polar surface area (TPSA) is 70.1 Å². The number of likely N-dealkylation sites (tertiary alicyclic amines) is 2.